The van der Waals surface area contributed by atoms with Crippen molar-refractivity contribution in [3.63, 3.8) is 0 Å². The van der Waals surface area contributed by atoms with Gasteiger partial charge in [-0.25, -0.2) is 0 Å². The number of amides is 2. The van der Waals surface area contributed by atoms with Gasteiger partial charge < -0.3 is 20.1 Å². The van der Waals surface area contributed by atoms with Gasteiger partial charge in [0.1, 0.15) is 16.5 Å². The maximum absolute atomic E-state index is 13.6. The maximum Gasteiger partial charge on any atom is 0.262 e. The lowest BCUT2D eigenvalue weighted by Gasteiger charge is -2.33. The molecule has 2 amide bonds. The first-order chi connectivity index (χ1) is 17.7. The molecule has 1 unspecified atom stereocenters. The Balaban J connectivity index is 1.59. The van der Waals surface area contributed by atoms with Crippen LogP contribution in [0.1, 0.15) is 54.9 Å². The fourth-order valence-electron chi connectivity index (χ4n) is 4.56. The van der Waals surface area contributed by atoms with Crippen LogP contribution in [0.25, 0.3) is 0 Å². The maximum atomic E-state index is 13.6. The SMILES string of the molecule is CCOc1ccccc1NC(=O)c1c(NC(=O)COc2cccc(Cl)c2)sc2c1CCC(C(C)(C)C)C2. The van der Waals surface area contributed by atoms with Crippen molar-refractivity contribution in [3.8, 4) is 11.5 Å². The van der Waals surface area contributed by atoms with Crippen molar-refractivity contribution in [2.75, 3.05) is 23.8 Å². The Morgan fingerprint density at radius 2 is 1.86 bits per heavy atom. The fraction of sp³-hybridized carbons (Fsp3) is 0.379. The number of hydrogen-bond acceptors (Lipinski definition) is 5. The molecule has 37 heavy (non-hydrogen) atoms. The zero-order valence-corrected chi connectivity index (χ0v) is 23.2. The van der Waals surface area contributed by atoms with Crippen molar-refractivity contribution < 1.29 is 19.1 Å². The van der Waals surface area contributed by atoms with Crippen LogP contribution in [0.5, 0.6) is 11.5 Å². The van der Waals surface area contributed by atoms with Crippen LogP contribution in [0.4, 0.5) is 10.7 Å². The molecular weight excluding hydrogens is 508 g/mol. The molecule has 8 heteroatoms. The fourth-order valence-corrected chi connectivity index (χ4v) is 6.08. The molecule has 0 saturated carbocycles. The van der Waals surface area contributed by atoms with E-state index in [0.717, 1.165) is 29.7 Å². The summed E-state index contributed by atoms with van der Waals surface area (Å²) in [5.41, 5.74) is 2.30. The molecule has 1 atom stereocenters. The Hall–Kier alpha value is -3.03. The van der Waals surface area contributed by atoms with Crippen LogP contribution in [0.2, 0.25) is 5.02 Å². The van der Waals surface area contributed by atoms with Gasteiger partial charge in [-0.15, -0.1) is 11.3 Å². The Kier molecular flexibility index (Phi) is 8.45. The molecule has 0 fully saturated rings. The monoisotopic (exact) mass is 540 g/mol. The lowest BCUT2D eigenvalue weighted by molar-refractivity contribution is -0.118. The van der Waals surface area contributed by atoms with Crippen molar-refractivity contribution in [2.45, 2.75) is 47.0 Å². The Bertz CT molecular complexity index is 1280. The van der Waals surface area contributed by atoms with Crippen molar-refractivity contribution in [1.82, 2.24) is 0 Å². The van der Waals surface area contributed by atoms with E-state index in [1.165, 1.54) is 11.3 Å². The minimum absolute atomic E-state index is 0.161. The second kappa shape index (κ2) is 11.6. The number of ether oxygens (including phenoxy) is 2. The summed E-state index contributed by atoms with van der Waals surface area (Å²) >= 11 is 7.50. The van der Waals surface area contributed by atoms with Gasteiger partial charge in [0, 0.05) is 9.90 Å². The molecule has 1 heterocycles. The van der Waals surface area contributed by atoms with Gasteiger partial charge in [0.2, 0.25) is 0 Å². The third kappa shape index (κ3) is 6.65. The number of anilines is 2. The lowest BCUT2D eigenvalue weighted by atomic mass is 9.72. The van der Waals surface area contributed by atoms with E-state index < -0.39 is 0 Å². The number of carbonyl (C=O) groups is 2. The van der Waals surface area contributed by atoms with Crippen molar-refractivity contribution in [3.05, 3.63) is 69.6 Å². The molecule has 0 aliphatic heterocycles. The Labute approximate surface area is 227 Å². The highest BCUT2D eigenvalue weighted by atomic mass is 35.5. The van der Waals surface area contributed by atoms with Crippen LogP contribution in [0, 0.1) is 11.3 Å². The van der Waals surface area contributed by atoms with Crippen LogP contribution in [-0.4, -0.2) is 25.0 Å². The summed E-state index contributed by atoms with van der Waals surface area (Å²) in [5, 5.41) is 7.03. The summed E-state index contributed by atoms with van der Waals surface area (Å²) in [4.78, 5) is 27.7. The molecule has 0 saturated heterocycles. The number of hydrogen-bond donors (Lipinski definition) is 2. The molecule has 1 aromatic heterocycles. The normalized spacial score (nSPS) is 15.0. The van der Waals surface area contributed by atoms with E-state index in [4.69, 9.17) is 21.1 Å². The predicted octanol–water partition coefficient (Wildman–Crippen LogP) is 7.22. The molecule has 0 bridgehead atoms. The smallest absolute Gasteiger partial charge is 0.262 e. The Morgan fingerprint density at radius 1 is 1.08 bits per heavy atom. The van der Waals surface area contributed by atoms with E-state index in [0.29, 0.717) is 45.3 Å². The summed E-state index contributed by atoms with van der Waals surface area (Å²) in [6, 6.07) is 14.3. The van der Waals surface area contributed by atoms with E-state index in [1.54, 1.807) is 24.3 Å². The highest BCUT2D eigenvalue weighted by Crippen LogP contribution is 2.44. The van der Waals surface area contributed by atoms with E-state index in [1.807, 2.05) is 31.2 Å². The summed E-state index contributed by atoms with van der Waals surface area (Å²) in [7, 11) is 0. The van der Waals surface area contributed by atoms with Gasteiger partial charge in [0.25, 0.3) is 11.8 Å². The topological polar surface area (TPSA) is 76.7 Å². The highest BCUT2D eigenvalue weighted by Gasteiger charge is 2.34. The summed E-state index contributed by atoms with van der Waals surface area (Å²) in [6.07, 6.45) is 2.67. The van der Waals surface area contributed by atoms with Gasteiger partial charge in [0.15, 0.2) is 6.61 Å². The first-order valence-electron chi connectivity index (χ1n) is 12.5. The van der Waals surface area contributed by atoms with Gasteiger partial charge in [-0.1, -0.05) is 50.6 Å². The molecule has 2 aromatic carbocycles. The van der Waals surface area contributed by atoms with Gasteiger partial charge >= 0.3 is 0 Å². The van der Waals surface area contributed by atoms with Crippen LogP contribution >= 0.6 is 22.9 Å². The number of benzene rings is 2. The molecule has 0 radical (unpaired) electrons. The number of rotatable bonds is 8. The van der Waals surface area contributed by atoms with Gasteiger partial charge in [-0.3, -0.25) is 9.59 Å². The zero-order chi connectivity index (χ0) is 26.6. The number of carbonyl (C=O) groups excluding carboxylic acids is 2. The van der Waals surface area contributed by atoms with E-state index in [9.17, 15) is 9.59 Å². The Morgan fingerprint density at radius 3 is 2.59 bits per heavy atom. The number of nitrogens with one attached hydrogen (secondary N) is 2. The first kappa shape index (κ1) is 27.0. The predicted molar refractivity (Wildman–Crippen MR) is 150 cm³/mol. The second-order valence-corrected chi connectivity index (χ2v) is 11.7. The molecule has 1 aliphatic carbocycles. The van der Waals surface area contributed by atoms with Crippen LogP contribution in [0.3, 0.4) is 0 Å². The number of thiophene rings is 1. The second-order valence-electron chi connectivity index (χ2n) is 10.2. The largest absolute Gasteiger partial charge is 0.492 e. The molecule has 1 aliphatic rings. The average molecular weight is 541 g/mol. The van der Waals surface area contributed by atoms with Crippen molar-refractivity contribution >= 4 is 45.4 Å². The van der Waals surface area contributed by atoms with Gasteiger partial charge in [-0.05, 0) is 73.4 Å². The lowest BCUT2D eigenvalue weighted by Crippen LogP contribution is -2.27. The minimum atomic E-state index is -0.338. The summed E-state index contributed by atoms with van der Waals surface area (Å²) in [5.74, 6) is 1.02. The minimum Gasteiger partial charge on any atom is -0.492 e. The van der Waals surface area contributed by atoms with E-state index in [-0.39, 0.29) is 23.8 Å². The zero-order valence-electron chi connectivity index (χ0n) is 21.7. The number of para-hydroxylation sites is 2. The summed E-state index contributed by atoms with van der Waals surface area (Å²) in [6.45, 7) is 8.96. The number of halogens is 1. The molecule has 196 valence electrons. The van der Waals surface area contributed by atoms with Crippen LogP contribution < -0.4 is 20.1 Å². The van der Waals surface area contributed by atoms with Crippen LogP contribution in [-0.2, 0) is 17.6 Å². The third-order valence-electron chi connectivity index (χ3n) is 6.57. The van der Waals surface area contributed by atoms with Crippen molar-refractivity contribution in [1.29, 1.82) is 0 Å². The third-order valence-corrected chi connectivity index (χ3v) is 7.98. The molecule has 0 spiro atoms. The van der Waals surface area contributed by atoms with Crippen molar-refractivity contribution in [2.24, 2.45) is 11.3 Å². The summed E-state index contributed by atoms with van der Waals surface area (Å²) < 4.78 is 11.3. The van der Waals surface area contributed by atoms with Gasteiger partial charge in [-0.2, -0.15) is 0 Å². The molecule has 4 rings (SSSR count). The first-order valence-corrected chi connectivity index (χ1v) is 13.7. The van der Waals surface area contributed by atoms with E-state index >= 15 is 0 Å². The number of fused-ring (bicyclic) bond motifs is 1. The molecule has 3 aromatic rings. The highest BCUT2D eigenvalue weighted by molar-refractivity contribution is 7.17. The molecule has 6 nitrogen and oxygen atoms in total. The van der Waals surface area contributed by atoms with E-state index in [2.05, 4.69) is 31.4 Å². The average Bonchev–Trinajstić information content (AvgIpc) is 3.20. The molecule has 2 N–H and O–H groups in total. The standard InChI is InChI=1S/C29H33ClN2O4S/c1-5-35-23-12-7-6-11-22(23)31-27(34)26-21-14-13-18(29(2,3)4)15-24(21)37-28(26)32-25(33)17-36-20-10-8-9-19(30)16-20/h6-12,16,18H,5,13-15,17H2,1-4H3,(H,31,34)(H,32,33). The quantitative estimate of drug-likeness (QED) is 0.316. The van der Waals surface area contributed by atoms with Crippen LogP contribution in [0.15, 0.2) is 48.5 Å². The molecular formula is C29H33ClN2O4S. The van der Waals surface area contributed by atoms with Gasteiger partial charge in [0.05, 0.1) is 17.9 Å².